The second kappa shape index (κ2) is 5.49. The second-order valence-electron chi connectivity index (χ2n) is 4.92. The number of benzene rings is 1. The van der Waals surface area contributed by atoms with Gasteiger partial charge in [-0.05, 0) is 40.4 Å². The van der Waals surface area contributed by atoms with Crippen molar-refractivity contribution in [3.8, 4) is 0 Å². The fourth-order valence-corrected chi connectivity index (χ4v) is 4.61. The van der Waals surface area contributed by atoms with Crippen molar-refractivity contribution in [1.29, 1.82) is 0 Å². The number of rotatable bonds is 2. The lowest BCUT2D eigenvalue weighted by atomic mass is 9.79. The third-order valence-corrected chi connectivity index (χ3v) is 5.16. The second-order valence-corrected chi connectivity index (χ2v) is 6.56. The van der Waals surface area contributed by atoms with Crippen LogP contribution in [-0.4, -0.2) is 5.11 Å². The van der Waals surface area contributed by atoms with Crippen molar-refractivity contribution in [2.75, 3.05) is 5.73 Å². The van der Waals surface area contributed by atoms with Crippen LogP contribution in [-0.2, 0) is 12.1 Å². The molecule has 100 valence electrons. The zero-order chi connectivity index (χ0) is 13.3. The molecule has 5 N–H and O–H groups in total. The molecule has 1 saturated carbocycles. The molecule has 0 aromatic heterocycles. The van der Waals surface area contributed by atoms with Gasteiger partial charge in [0.05, 0.1) is 11.3 Å². The van der Waals surface area contributed by atoms with Crippen molar-refractivity contribution >= 4 is 37.5 Å². The lowest BCUT2D eigenvalue weighted by molar-refractivity contribution is -0.00190. The van der Waals surface area contributed by atoms with E-state index in [0.29, 0.717) is 12.2 Å². The van der Waals surface area contributed by atoms with Crippen LogP contribution in [0.25, 0.3) is 0 Å². The molecule has 0 unspecified atom stereocenters. The first-order valence-corrected chi connectivity index (χ1v) is 7.77. The summed E-state index contributed by atoms with van der Waals surface area (Å²) in [6, 6.07) is 1.92. The predicted octanol–water partition coefficient (Wildman–Crippen LogP) is 3.40. The predicted molar refractivity (Wildman–Crippen MR) is 81.1 cm³/mol. The molecule has 5 heteroatoms. The third kappa shape index (κ3) is 2.46. The van der Waals surface area contributed by atoms with Crippen molar-refractivity contribution in [2.24, 2.45) is 5.73 Å². The SMILES string of the molecule is NCc1cc(Br)c(C2(O)CCCCC2)c(Br)c1N. The number of hydrogen-bond acceptors (Lipinski definition) is 3. The maximum absolute atomic E-state index is 10.8. The molecule has 1 aromatic carbocycles. The number of halogens is 2. The molecule has 0 aliphatic heterocycles. The van der Waals surface area contributed by atoms with Crippen LogP contribution < -0.4 is 11.5 Å². The number of anilines is 1. The molecule has 1 fully saturated rings. The van der Waals surface area contributed by atoms with Gasteiger partial charge >= 0.3 is 0 Å². The van der Waals surface area contributed by atoms with Crippen molar-refractivity contribution in [3.05, 3.63) is 26.1 Å². The number of aliphatic hydroxyl groups is 1. The average molecular weight is 378 g/mol. The summed E-state index contributed by atoms with van der Waals surface area (Å²) in [5.41, 5.74) is 13.3. The van der Waals surface area contributed by atoms with Gasteiger partial charge in [0, 0.05) is 21.1 Å². The van der Waals surface area contributed by atoms with E-state index in [2.05, 4.69) is 31.9 Å². The van der Waals surface area contributed by atoms with E-state index in [4.69, 9.17) is 11.5 Å². The summed E-state index contributed by atoms with van der Waals surface area (Å²) < 4.78 is 1.66. The van der Waals surface area contributed by atoms with E-state index in [-0.39, 0.29) is 0 Å². The third-order valence-electron chi connectivity index (χ3n) is 3.71. The molecule has 0 spiro atoms. The van der Waals surface area contributed by atoms with Gasteiger partial charge in [-0.1, -0.05) is 35.2 Å². The molecule has 0 saturated heterocycles. The van der Waals surface area contributed by atoms with Gasteiger partial charge < -0.3 is 16.6 Å². The molecule has 0 atom stereocenters. The van der Waals surface area contributed by atoms with Crippen LogP contribution in [0, 0.1) is 0 Å². The van der Waals surface area contributed by atoms with Crippen LogP contribution in [0.4, 0.5) is 5.69 Å². The maximum atomic E-state index is 10.8. The van der Waals surface area contributed by atoms with E-state index in [9.17, 15) is 5.11 Å². The molecule has 1 aliphatic rings. The zero-order valence-electron chi connectivity index (χ0n) is 10.2. The molecular formula is C13H18Br2N2O. The Labute approximate surface area is 124 Å². The van der Waals surface area contributed by atoms with E-state index in [0.717, 1.165) is 45.8 Å². The largest absolute Gasteiger partial charge is 0.398 e. The average Bonchev–Trinajstić information content (AvgIpc) is 2.34. The molecule has 1 aromatic rings. The molecule has 18 heavy (non-hydrogen) atoms. The number of nitrogen functional groups attached to an aromatic ring is 1. The van der Waals surface area contributed by atoms with Crippen LogP contribution in [0.2, 0.25) is 0 Å². The van der Waals surface area contributed by atoms with Crippen LogP contribution >= 0.6 is 31.9 Å². The Morgan fingerprint density at radius 1 is 1.22 bits per heavy atom. The fraction of sp³-hybridized carbons (Fsp3) is 0.538. The van der Waals surface area contributed by atoms with Gasteiger partial charge in [0.25, 0.3) is 0 Å². The van der Waals surface area contributed by atoms with Gasteiger partial charge in [0.2, 0.25) is 0 Å². The Hall–Kier alpha value is -0.100. The van der Waals surface area contributed by atoms with Gasteiger partial charge in [-0.15, -0.1) is 0 Å². The molecule has 0 heterocycles. The molecule has 3 nitrogen and oxygen atoms in total. The highest BCUT2D eigenvalue weighted by atomic mass is 79.9. The quantitative estimate of drug-likeness (QED) is 0.691. The van der Waals surface area contributed by atoms with Crippen LogP contribution in [0.5, 0.6) is 0 Å². The monoisotopic (exact) mass is 376 g/mol. The first kappa shape index (κ1) is 14.3. The van der Waals surface area contributed by atoms with Gasteiger partial charge in [0.1, 0.15) is 0 Å². The summed E-state index contributed by atoms with van der Waals surface area (Å²) in [5.74, 6) is 0. The first-order chi connectivity index (χ1) is 8.49. The first-order valence-electron chi connectivity index (χ1n) is 6.19. The maximum Gasteiger partial charge on any atom is 0.0919 e. The summed E-state index contributed by atoms with van der Waals surface area (Å²) in [4.78, 5) is 0. The zero-order valence-corrected chi connectivity index (χ0v) is 13.3. The van der Waals surface area contributed by atoms with Crippen LogP contribution in [0.15, 0.2) is 15.0 Å². The van der Waals surface area contributed by atoms with Crippen LogP contribution in [0.1, 0.15) is 43.2 Å². The lowest BCUT2D eigenvalue weighted by Crippen LogP contribution is -2.30. The highest BCUT2D eigenvalue weighted by molar-refractivity contribution is 9.11. The summed E-state index contributed by atoms with van der Waals surface area (Å²) in [6.45, 7) is 0.391. The standard InChI is InChI=1S/C13H18Br2N2O/c14-9-6-8(7-16)12(17)11(15)10(9)13(18)4-2-1-3-5-13/h6,18H,1-5,7,16-17H2. The van der Waals surface area contributed by atoms with E-state index < -0.39 is 5.60 Å². The van der Waals surface area contributed by atoms with E-state index in [1.165, 1.54) is 6.42 Å². The normalized spacial score (nSPS) is 18.9. The smallest absolute Gasteiger partial charge is 0.0919 e. The molecule has 1 aliphatic carbocycles. The van der Waals surface area contributed by atoms with Gasteiger partial charge in [-0.3, -0.25) is 0 Å². The van der Waals surface area contributed by atoms with Crippen molar-refractivity contribution < 1.29 is 5.11 Å². The van der Waals surface area contributed by atoms with Crippen molar-refractivity contribution in [3.63, 3.8) is 0 Å². The molecule has 0 amide bonds. The lowest BCUT2D eigenvalue weighted by Gasteiger charge is -2.34. The Balaban J connectivity index is 2.53. The molecule has 0 radical (unpaired) electrons. The van der Waals surface area contributed by atoms with E-state index in [1.54, 1.807) is 0 Å². The summed E-state index contributed by atoms with van der Waals surface area (Å²) in [6.07, 6.45) is 4.85. The van der Waals surface area contributed by atoms with Gasteiger partial charge in [0.15, 0.2) is 0 Å². The van der Waals surface area contributed by atoms with Crippen molar-refractivity contribution in [2.45, 2.75) is 44.2 Å². The topological polar surface area (TPSA) is 72.3 Å². The van der Waals surface area contributed by atoms with E-state index in [1.807, 2.05) is 6.07 Å². The highest BCUT2D eigenvalue weighted by Gasteiger charge is 2.35. The van der Waals surface area contributed by atoms with E-state index >= 15 is 0 Å². The Kier molecular flexibility index (Phi) is 4.36. The van der Waals surface area contributed by atoms with Crippen LogP contribution in [0.3, 0.4) is 0 Å². The Bertz CT molecular complexity index is 457. The van der Waals surface area contributed by atoms with Gasteiger partial charge in [-0.2, -0.15) is 0 Å². The minimum Gasteiger partial charge on any atom is -0.398 e. The molecular weight excluding hydrogens is 360 g/mol. The summed E-state index contributed by atoms with van der Waals surface area (Å²) >= 11 is 7.07. The molecule has 0 bridgehead atoms. The summed E-state index contributed by atoms with van der Waals surface area (Å²) in [5, 5.41) is 10.8. The minimum absolute atomic E-state index is 0.391. The Morgan fingerprint density at radius 2 is 1.83 bits per heavy atom. The van der Waals surface area contributed by atoms with Gasteiger partial charge in [-0.25, -0.2) is 0 Å². The fourth-order valence-electron chi connectivity index (χ4n) is 2.67. The summed E-state index contributed by atoms with van der Waals surface area (Å²) in [7, 11) is 0. The minimum atomic E-state index is -0.781. The van der Waals surface area contributed by atoms with Crippen molar-refractivity contribution in [1.82, 2.24) is 0 Å². The Morgan fingerprint density at radius 3 is 2.39 bits per heavy atom. The number of nitrogens with two attached hydrogens (primary N) is 2. The molecule has 2 rings (SSSR count). The highest BCUT2D eigenvalue weighted by Crippen LogP contribution is 2.46. The number of hydrogen-bond donors (Lipinski definition) is 3.